The number of hydrogen-bond acceptors (Lipinski definition) is 5. The molecule has 0 unspecified atom stereocenters. The van der Waals surface area contributed by atoms with Gasteiger partial charge in [0.15, 0.2) is 5.60 Å². The van der Waals surface area contributed by atoms with E-state index >= 15 is 0 Å². The minimum Gasteiger partial charge on any atom is -0.497 e. The van der Waals surface area contributed by atoms with Gasteiger partial charge >= 0.3 is 0 Å². The molecule has 2 aliphatic rings. The lowest BCUT2D eigenvalue weighted by Crippen LogP contribution is -2.60. The van der Waals surface area contributed by atoms with E-state index in [2.05, 4.69) is 16.7 Å². The third-order valence-corrected chi connectivity index (χ3v) is 5.72. The van der Waals surface area contributed by atoms with Gasteiger partial charge < -0.3 is 19.6 Å². The molecule has 150 valence electrons. The molecule has 0 spiro atoms. The molecule has 2 saturated heterocycles. The number of piperazine rings is 1. The Bertz CT molecular complexity index is 664. The first-order valence-electron chi connectivity index (χ1n) is 9.74. The van der Waals surface area contributed by atoms with E-state index in [1.807, 2.05) is 0 Å². The van der Waals surface area contributed by atoms with Gasteiger partial charge in [-0.15, -0.1) is 0 Å². The molecule has 1 amide bonds. The Hall–Kier alpha value is -1.70. The van der Waals surface area contributed by atoms with Gasteiger partial charge in [0.1, 0.15) is 11.6 Å². The Morgan fingerprint density at radius 2 is 1.89 bits per heavy atom. The predicted molar refractivity (Wildman–Crippen MR) is 101 cm³/mol. The molecule has 3 rings (SSSR count). The van der Waals surface area contributed by atoms with E-state index in [0.29, 0.717) is 37.2 Å². The van der Waals surface area contributed by atoms with E-state index in [1.54, 1.807) is 17.0 Å². The number of halogens is 1. The number of amides is 1. The number of carbonyl (C=O) groups excluding carboxylic acids is 1. The van der Waals surface area contributed by atoms with E-state index in [1.165, 1.54) is 13.2 Å². The summed E-state index contributed by atoms with van der Waals surface area (Å²) >= 11 is 0. The Morgan fingerprint density at radius 3 is 2.56 bits per heavy atom. The molecule has 0 aliphatic carbocycles. The van der Waals surface area contributed by atoms with Crippen molar-refractivity contribution < 1.29 is 19.0 Å². The minimum atomic E-state index is -1.39. The summed E-state index contributed by atoms with van der Waals surface area (Å²) in [6.45, 7) is 7.82. The average Bonchev–Trinajstić information content (AvgIpc) is 2.68. The standard InChI is InChI=1S/C20H30FN3O3/c1-3-22-9-11-23(12-10-22)15-20(26)7-4-8-24(19(20)25)14-16-13-17(27-2)5-6-18(16)21/h5-6,13,26H,3-4,7-12,14-15H2,1-2H3/t20-/m0/s1. The number of likely N-dealkylation sites (N-methyl/N-ethyl adjacent to an activating group) is 1. The summed E-state index contributed by atoms with van der Waals surface area (Å²) in [6.07, 6.45) is 1.17. The molecular formula is C20H30FN3O3. The maximum Gasteiger partial charge on any atom is 0.256 e. The maximum atomic E-state index is 14.2. The maximum absolute atomic E-state index is 14.2. The number of hydrogen-bond donors (Lipinski definition) is 1. The van der Waals surface area contributed by atoms with Gasteiger partial charge in [-0.05, 0) is 37.6 Å². The van der Waals surface area contributed by atoms with E-state index in [0.717, 1.165) is 32.7 Å². The van der Waals surface area contributed by atoms with Crippen molar-refractivity contribution in [1.29, 1.82) is 0 Å². The van der Waals surface area contributed by atoms with Crippen molar-refractivity contribution in [2.75, 3.05) is 52.9 Å². The number of benzene rings is 1. The Morgan fingerprint density at radius 1 is 1.19 bits per heavy atom. The van der Waals surface area contributed by atoms with Crippen LogP contribution in [0.25, 0.3) is 0 Å². The zero-order chi connectivity index (χ0) is 19.4. The van der Waals surface area contributed by atoms with Gasteiger partial charge in [0.2, 0.25) is 0 Å². The molecule has 2 aliphatic heterocycles. The molecule has 0 saturated carbocycles. The zero-order valence-electron chi connectivity index (χ0n) is 16.3. The lowest BCUT2D eigenvalue weighted by Gasteiger charge is -2.43. The SMILES string of the molecule is CCN1CCN(C[C@@]2(O)CCCN(Cc3cc(OC)ccc3F)C2=O)CC1. The van der Waals surface area contributed by atoms with Crippen LogP contribution < -0.4 is 4.74 Å². The van der Waals surface area contributed by atoms with Crippen molar-refractivity contribution >= 4 is 5.91 Å². The van der Waals surface area contributed by atoms with Crippen LogP contribution in [0.5, 0.6) is 5.75 Å². The molecule has 1 aromatic carbocycles. The number of ether oxygens (including phenoxy) is 1. The highest BCUT2D eigenvalue weighted by molar-refractivity contribution is 5.86. The first-order chi connectivity index (χ1) is 12.9. The second kappa shape index (κ2) is 8.54. The molecule has 6 nitrogen and oxygen atoms in total. The summed E-state index contributed by atoms with van der Waals surface area (Å²) in [7, 11) is 1.53. The molecular weight excluding hydrogens is 349 g/mol. The van der Waals surface area contributed by atoms with Gasteiger partial charge in [0.05, 0.1) is 7.11 Å². The van der Waals surface area contributed by atoms with E-state index in [-0.39, 0.29) is 18.3 Å². The van der Waals surface area contributed by atoms with E-state index in [4.69, 9.17) is 4.74 Å². The van der Waals surface area contributed by atoms with Crippen LogP contribution >= 0.6 is 0 Å². The zero-order valence-corrected chi connectivity index (χ0v) is 16.3. The third kappa shape index (κ3) is 4.59. The molecule has 1 N–H and O–H groups in total. The van der Waals surface area contributed by atoms with Crippen LogP contribution in [0.3, 0.4) is 0 Å². The fourth-order valence-electron chi connectivity index (χ4n) is 4.00. The van der Waals surface area contributed by atoms with Gasteiger partial charge in [-0.2, -0.15) is 0 Å². The quantitative estimate of drug-likeness (QED) is 0.808. The smallest absolute Gasteiger partial charge is 0.256 e. The van der Waals surface area contributed by atoms with Crippen LogP contribution in [0.4, 0.5) is 4.39 Å². The Balaban J connectivity index is 1.66. The van der Waals surface area contributed by atoms with Gasteiger partial charge in [-0.25, -0.2) is 4.39 Å². The lowest BCUT2D eigenvalue weighted by molar-refractivity contribution is -0.160. The topological polar surface area (TPSA) is 56.3 Å². The second-order valence-electron chi connectivity index (χ2n) is 7.53. The Kier molecular flexibility index (Phi) is 6.34. The van der Waals surface area contributed by atoms with Crippen molar-refractivity contribution in [3.63, 3.8) is 0 Å². The lowest BCUT2D eigenvalue weighted by atomic mass is 9.90. The second-order valence-corrected chi connectivity index (χ2v) is 7.53. The van der Waals surface area contributed by atoms with Crippen molar-refractivity contribution in [2.45, 2.75) is 31.9 Å². The number of carbonyl (C=O) groups is 1. The molecule has 1 atom stereocenters. The highest BCUT2D eigenvalue weighted by Crippen LogP contribution is 2.27. The fourth-order valence-corrected chi connectivity index (χ4v) is 4.00. The molecule has 0 aromatic heterocycles. The van der Waals surface area contributed by atoms with Crippen molar-refractivity contribution in [2.24, 2.45) is 0 Å². The molecule has 0 radical (unpaired) electrons. The highest BCUT2D eigenvalue weighted by atomic mass is 19.1. The summed E-state index contributed by atoms with van der Waals surface area (Å²) < 4.78 is 19.3. The highest BCUT2D eigenvalue weighted by Gasteiger charge is 2.43. The van der Waals surface area contributed by atoms with Gasteiger partial charge in [0.25, 0.3) is 5.91 Å². The van der Waals surface area contributed by atoms with Crippen LogP contribution in [0.2, 0.25) is 0 Å². The predicted octanol–water partition coefficient (Wildman–Crippen LogP) is 1.33. The summed E-state index contributed by atoms with van der Waals surface area (Å²) in [5.74, 6) is -0.109. The normalized spacial score (nSPS) is 25.0. The molecule has 0 bridgehead atoms. The fraction of sp³-hybridized carbons (Fsp3) is 0.650. The molecule has 2 fully saturated rings. The third-order valence-electron chi connectivity index (χ3n) is 5.72. The number of piperidine rings is 1. The van der Waals surface area contributed by atoms with Crippen LogP contribution in [0, 0.1) is 5.82 Å². The van der Waals surface area contributed by atoms with Crippen molar-refractivity contribution in [3.8, 4) is 5.75 Å². The monoisotopic (exact) mass is 379 g/mol. The first-order valence-corrected chi connectivity index (χ1v) is 9.74. The van der Waals surface area contributed by atoms with Gasteiger partial charge in [-0.3, -0.25) is 9.69 Å². The van der Waals surface area contributed by atoms with E-state index < -0.39 is 5.60 Å². The Labute approximate surface area is 160 Å². The molecule has 2 heterocycles. The summed E-state index contributed by atoms with van der Waals surface area (Å²) in [4.78, 5) is 19.1. The summed E-state index contributed by atoms with van der Waals surface area (Å²) in [6, 6.07) is 4.52. The van der Waals surface area contributed by atoms with Crippen molar-refractivity contribution in [3.05, 3.63) is 29.6 Å². The number of rotatable bonds is 6. The van der Waals surface area contributed by atoms with Gasteiger partial charge in [0, 0.05) is 51.4 Å². The van der Waals surface area contributed by atoms with Crippen LogP contribution in [-0.4, -0.2) is 84.2 Å². The number of methoxy groups -OCH3 is 1. The molecule has 1 aromatic rings. The number of β-amino-alcohol motifs (C(OH)–C–C–N with tert-alkyl or cyclic N) is 1. The number of likely N-dealkylation sites (tertiary alicyclic amines) is 1. The molecule has 7 heteroatoms. The van der Waals surface area contributed by atoms with Crippen LogP contribution in [0.15, 0.2) is 18.2 Å². The average molecular weight is 379 g/mol. The van der Waals surface area contributed by atoms with Crippen molar-refractivity contribution in [1.82, 2.24) is 14.7 Å². The van der Waals surface area contributed by atoms with Crippen LogP contribution in [0.1, 0.15) is 25.3 Å². The van der Waals surface area contributed by atoms with E-state index in [9.17, 15) is 14.3 Å². The first kappa shape index (κ1) is 20.0. The summed E-state index contributed by atoms with van der Waals surface area (Å²) in [5.41, 5.74) is -0.981. The largest absolute Gasteiger partial charge is 0.497 e. The molecule has 27 heavy (non-hydrogen) atoms. The van der Waals surface area contributed by atoms with Gasteiger partial charge in [-0.1, -0.05) is 6.92 Å². The summed E-state index contributed by atoms with van der Waals surface area (Å²) in [5, 5.41) is 11.1. The number of nitrogens with zero attached hydrogens (tertiary/aromatic N) is 3. The minimum absolute atomic E-state index is 0.147. The van der Waals surface area contributed by atoms with Crippen LogP contribution in [-0.2, 0) is 11.3 Å². The number of aliphatic hydroxyl groups is 1.